The summed E-state index contributed by atoms with van der Waals surface area (Å²) in [4.78, 5) is 4.30. The molecule has 1 aromatic heterocycles. The number of nitrogens with zero attached hydrogens (tertiary/aromatic N) is 2. The van der Waals surface area contributed by atoms with Crippen molar-refractivity contribution in [2.45, 2.75) is 34.6 Å². The molecule has 0 aromatic carbocycles. The van der Waals surface area contributed by atoms with E-state index < -0.39 is 15.3 Å². The number of hydrogen-bond donors (Lipinski definition) is 0. The van der Waals surface area contributed by atoms with E-state index >= 15 is 0 Å². The summed E-state index contributed by atoms with van der Waals surface area (Å²) in [6.45, 7) is 9.48. The summed E-state index contributed by atoms with van der Waals surface area (Å²) >= 11 is 0. The number of rotatable bonds is 11. The molecule has 0 bridgehead atoms. The fourth-order valence-corrected chi connectivity index (χ4v) is 5.56. The average Bonchev–Trinajstić information content (AvgIpc) is 2.55. The molecular weight excluding hydrogens is 366 g/mol. The van der Waals surface area contributed by atoms with E-state index in [0.717, 1.165) is 5.56 Å². The molecule has 0 unspecified atom stereocenters. The number of aryl methyl sites for hydroxylation is 1. The third-order valence-corrected chi connectivity index (χ3v) is 7.34. The molecule has 0 atom stereocenters. The predicted octanol–water partition coefficient (Wildman–Crippen LogP) is 3.90. The van der Waals surface area contributed by atoms with Crippen LogP contribution in [-0.4, -0.2) is 38.5 Å². The molecule has 0 saturated carbocycles. The van der Waals surface area contributed by atoms with Crippen LogP contribution >= 0.6 is 15.3 Å². The largest absolute Gasteiger partial charge is 0.436 e. The van der Waals surface area contributed by atoms with Crippen molar-refractivity contribution >= 4 is 26.5 Å². The minimum Gasteiger partial charge on any atom is -0.305 e. The Kier molecular flexibility index (Phi) is 8.75. The van der Waals surface area contributed by atoms with Crippen molar-refractivity contribution in [3.8, 4) is 0 Å². The minimum atomic E-state index is -3.64. The Labute approximate surface area is 149 Å². The van der Waals surface area contributed by atoms with Gasteiger partial charge in [-0.05, 0) is 46.2 Å². The summed E-state index contributed by atoms with van der Waals surface area (Å²) in [5.74, 6) is 0.182. The molecule has 1 heterocycles. The molecule has 1 aromatic rings. The Balaban J connectivity index is 3.50. The Hall–Kier alpha value is -0.750. The predicted molar refractivity (Wildman–Crippen MR) is 98.7 cm³/mol. The van der Waals surface area contributed by atoms with Crippen molar-refractivity contribution in [1.29, 1.82) is 0 Å². The topological polar surface area (TPSA) is 87.2 Å². The van der Waals surface area contributed by atoms with Gasteiger partial charge in [-0.1, -0.05) is 0 Å². The standard InChI is InChI=1S/C15H28N2O6P2/c1-7-20-24(18,21-8-2)14-11-13(5)12-16-15(14)17(6)25(19,22-9-3)23-10-4/h11-12H,7-10H2,1-6H3. The maximum absolute atomic E-state index is 13.3. The van der Waals surface area contributed by atoms with Gasteiger partial charge in [0.15, 0.2) is 5.82 Å². The first kappa shape index (κ1) is 22.3. The molecular formula is C15H28N2O6P2. The Morgan fingerprint density at radius 1 is 0.960 bits per heavy atom. The maximum atomic E-state index is 13.3. The number of pyridine rings is 1. The molecule has 0 N–H and O–H groups in total. The van der Waals surface area contributed by atoms with Crippen LogP contribution in [0.4, 0.5) is 5.82 Å². The van der Waals surface area contributed by atoms with Gasteiger partial charge in [-0.3, -0.25) is 18.3 Å². The Morgan fingerprint density at radius 3 is 1.88 bits per heavy atom. The first-order valence-electron chi connectivity index (χ1n) is 8.27. The second kappa shape index (κ2) is 9.81. The Morgan fingerprint density at radius 2 is 1.44 bits per heavy atom. The van der Waals surface area contributed by atoms with Crippen LogP contribution in [0.5, 0.6) is 0 Å². The third-order valence-electron chi connectivity index (χ3n) is 3.14. The zero-order chi connectivity index (χ0) is 19.1. The summed E-state index contributed by atoms with van der Waals surface area (Å²) in [5, 5.41) is 0.235. The van der Waals surface area contributed by atoms with E-state index in [4.69, 9.17) is 18.1 Å². The number of hydrogen-bond acceptors (Lipinski definition) is 7. The fourth-order valence-electron chi connectivity index (χ4n) is 2.17. The first-order chi connectivity index (χ1) is 11.8. The van der Waals surface area contributed by atoms with Gasteiger partial charge in [0.25, 0.3) is 0 Å². The minimum absolute atomic E-state index is 0.182. The SMILES string of the molecule is CCOP(=O)(OCC)c1cc(C)cnc1N(C)P(=O)(OCC)OCC. The highest BCUT2D eigenvalue weighted by molar-refractivity contribution is 7.63. The molecule has 0 saturated heterocycles. The zero-order valence-corrected chi connectivity index (χ0v) is 17.5. The van der Waals surface area contributed by atoms with Crippen LogP contribution in [0.15, 0.2) is 12.3 Å². The molecule has 0 fully saturated rings. The lowest BCUT2D eigenvalue weighted by atomic mass is 10.3. The molecule has 0 radical (unpaired) electrons. The van der Waals surface area contributed by atoms with Crippen LogP contribution in [-0.2, 0) is 27.2 Å². The number of aromatic nitrogens is 1. The van der Waals surface area contributed by atoms with Crippen LogP contribution in [0.2, 0.25) is 0 Å². The van der Waals surface area contributed by atoms with Crippen molar-refractivity contribution in [2.75, 3.05) is 38.1 Å². The van der Waals surface area contributed by atoms with Gasteiger partial charge in [0.2, 0.25) is 0 Å². The first-order valence-corrected chi connectivity index (χ1v) is 11.3. The van der Waals surface area contributed by atoms with E-state index in [0.29, 0.717) is 0 Å². The van der Waals surface area contributed by atoms with Gasteiger partial charge in [-0.2, -0.15) is 0 Å². The van der Waals surface area contributed by atoms with Crippen molar-refractivity contribution < 1.29 is 27.2 Å². The van der Waals surface area contributed by atoms with Gasteiger partial charge < -0.3 is 9.05 Å². The van der Waals surface area contributed by atoms with E-state index in [1.807, 2.05) is 6.92 Å². The molecule has 0 aliphatic heterocycles. The molecule has 0 amide bonds. The van der Waals surface area contributed by atoms with E-state index in [1.165, 1.54) is 11.7 Å². The second-order valence-electron chi connectivity index (χ2n) is 5.02. The van der Waals surface area contributed by atoms with Crippen LogP contribution in [0, 0.1) is 6.92 Å². The van der Waals surface area contributed by atoms with Gasteiger partial charge in [0.1, 0.15) is 5.30 Å². The van der Waals surface area contributed by atoms with Crippen LogP contribution in [0.25, 0.3) is 0 Å². The summed E-state index contributed by atoms with van der Waals surface area (Å²) in [6, 6.07) is 1.66. The molecule has 0 spiro atoms. The molecule has 25 heavy (non-hydrogen) atoms. The van der Waals surface area contributed by atoms with Crippen molar-refractivity contribution in [3.63, 3.8) is 0 Å². The molecule has 0 aliphatic rings. The van der Waals surface area contributed by atoms with Gasteiger partial charge >= 0.3 is 15.3 Å². The maximum Gasteiger partial charge on any atom is 0.436 e. The van der Waals surface area contributed by atoms with Gasteiger partial charge in [-0.15, -0.1) is 0 Å². The summed E-state index contributed by atoms with van der Waals surface area (Å²) < 4.78 is 49.2. The highest BCUT2D eigenvalue weighted by Gasteiger charge is 2.38. The average molecular weight is 394 g/mol. The molecule has 144 valence electrons. The smallest absolute Gasteiger partial charge is 0.305 e. The highest BCUT2D eigenvalue weighted by atomic mass is 31.2. The summed E-state index contributed by atoms with van der Waals surface area (Å²) in [5.41, 5.74) is 0.773. The monoisotopic (exact) mass is 394 g/mol. The van der Waals surface area contributed by atoms with E-state index in [-0.39, 0.29) is 37.5 Å². The lowest BCUT2D eigenvalue weighted by molar-refractivity contribution is 0.219. The second-order valence-corrected chi connectivity index (χ2v) is 9.06. The molecule has 8 nitrogen and oxygen atoms in total. The molecule has 1 rings (SSSR count). The highest BCUT2D eigenvalue weighted by Crippen LogP contribution is 2.55. The summed E-state index contributed by atoms with van der Waals surface area (Å²) in [7, 11) is -5.75. The van der Waals surface area contributed by atoms with Crippen LogP contribution < -0.4 is 9.97 Å². The van der Waals surface area contributed by atoms with Crippen LogP contribution in [0.1, 0.15) is 33.3 Å². The molecule has 10 heteroatoms. The van der Waals surface area contributed by atoms with Gasteiger partial charge in [0.05, 0.1) is 26.4 Å². The van der Waals surface area contributed by atoms with Gasteiger partial charge in [0, 0.05) is 13.2 Å². The zero-order valence-electron chi connectivity index (χ0n) is 15.7. The lowest BCUT2D eigenvalue weighted by Gasteiger charge is -2.29. The normalized spacial score (nSPS) is 12.4. The molecule has 0 aliphatic carbocycles. The quantitative estimate of drug-likeness (QED) is 0.522. The van der Waals surface area contributed by atoms with Crippen molar-refractivity contribution in [2.24, 2.45) is 0 Å². The number of anilines is 1. The fraction of sp³-hybridized carbons (Fsp3) is 0.667. The lowest BCUT2D eigenvalue weighted by Crippen LogP contribution is -2.26. The van der Waals surface area contributed by atoms with Crippen molar-refractivity contribution in [1.82, 2.24) is 4.98 Å². The Bertz CT molecular complexity index is 635. The van der Waals surface area contributed by atoms with Crippen LogP contribution in [0.3, 0.4) is 0 Å². The van der Waals surface area contributed by atoms with Gasteiger partial charge in [-0.25, -0.2) is 9.55 Å². The third kappa shape index (κ3) is 5.36. The van der Waals surface area contributed by atoms with E-state index in [1.54, 1.807) is 40.0 Å². The summed E-state index contributed by atoms with van der Waals surface area (Å²) in [6.07, 6.45) is 1.58. The van der Waals surface area contributed by atoms with E-state index in [2.05, 4.69) is 4.98 Å². The van der Waals surface area contributed by atoms with E-state index in [9.17, 15) is 9.13 Å². The van der Waals surface area contributed by atoms with Crippen molar-refractivity contribution in [3.05, 3.63) is 17.8 Å².